The van der Waals surface area contributed by atoms with Crippen molar-refractivity contribution in [2.75, 3.05) is 77.2 Å². The van der Waals surface area contributed by atoms with E-state index in [2.05, 4.69) is 70.7 Å². The Balaban J connectivity index is 0.000000126. The lowest BCUT2D eigenvalue weighted by atomic mass is 9.54. The Hall–Kier alpha value is -11.1. The van der Waals surface area contributed by atoms with E-state index in [1.807, 2.05) is 12.1 Å². The van der Waals surface area contributed by atoms with Crippen molar-refractivity contribution < 1.29 is 97.3 Å². The van der Waals surface area contributed by atoms with Crippen LogP contribution in [0.25, 0.3) is 0 Å². The molecular weight excluding hydrogens is 2150 g/mol. The molecule has 0 spiro atoms. The number of nitrogens with one attached hydrogen (secondary N) is 6. The van der Waals surface area contributed by atoms with E-state index in [1.54, 1.807) is 54.6 Å². The van der Waals surface area contributed by atoms with Crippen molar-refractivity contribution in [3.8, 4) is 0 Å². The molecule has 147 heavy (non-hydrogen) atoms. The molecule has 11 aliphatic rings. The van der Waals surface area contributed by atoms with Gasteiger partial charge in [-0.15, -0.1) is 0 Å². The van der Waals surface area contributed by atoms with Gasteiger partial charge in [-0.1, -0.05) is 151 Å². The predicted molar refractivity (Wildman–Crippen MR) is 555 cm³/mol. The molecule has 30 nitrogen and oxygen atoms in total. The van der Waals surface area contributed by atoms with Gasteiger partial charge in [0.2, 0.25) is 0 Å². The van der Waals surface area contributed by atoms with Crippen LogP contribution in [-0.2, 0) is 71.9 Å². The number of nitrogens with zero attached hydrogens (tertiary/aromatic N) is 5. The summed E-state index contributed by atoms with van der Waals surface area (Å²) < 4.78 is 19.7. The van der Waals surface area contributed by atoms with E-state index in [0.717, 1.165) is 75.7 Å². The number of morpholine rings is 1. The minimum atomic E-state index is -2.20. The van der Waals surface area contributed by atoms with Gasteiger partial charge >= 0.3 is 0 Å². The van der Waals surface area contributed by atoms with Crippen LogP contribution in [-0.4, -0.2) is 167 Å². The van der Waals surface area contributed by atoms with Crippen LogP contribution in [0.1, 0.15) is 187 Å². The molecule has 5 fully saturated rings. The van der Waals surface area contributed by atoms with Crippen molar-refractivity contribution >= 4 is 249 Å². The van der Waals surface area contributed by atoms with Crippen LogP contribution in [0.4, 0.5) is 44.2 Å². The highest BCUT2D eigenvalue weighted by Gasteiger charge is 2.59. The van der Waals surface area contributed by atoms with E-state index in [9.17, 15) is 92.6 Å². The van der Waals surface area contributed by atoms with Crippen LogP contribution in [0.3, 0.4) is 0 Å². The number of benzene rings is 8. The van der Waals surface area contributed by atoms with Gasteiger partial charge < -0.3 is 77.1 Å². The maximum Gasteiger partial charge on any atom is 0.261 e. The fourth-order valence-corrected chi connectivity index (χ4v) is 22.6. The number of fused-ring (bicyclic) bond motifs is 9. The van der Waals surface area contributed by atoms with E-state index in [0.29, 0.717) is 46.5 Å². The zero-order valence-corrected chi connectivity index (χ0v) is 86.4. The molecule has 6 amide bonds. The third-order valence-corrected chi connectivity index (χ3v) is 31.7. The standard InChI is InChI=1S/C20H18Cl2N2O4.C20H24Cl2N2O3.C19H14Cl2FNO3.3C15H10Cl2N2O3/c21-14-5-6-15(22)18-17(14)20(27,19(26)23-18)11-16(25)12-1-3-13(4-2-12)24-7-9-28-10-8-24;1-24(2)19-8-5-18(6-9-19,7-10-19)14(25)11-20(27)15-12(21)3-4-13(22)16(15)23-17(20)26;20-12-5-6-13(21)17-16(12)19(26,18(25)23-17)8-15(24)11-4-3-10(7-14(11)22)9-1-2-9;16-9-1-2-10(17)13-12(9)15(22,14(21)19-13)7-11(20)8-3-5-18-6-4-8;16-9-3-4-10(17)13-12(9)15(22,14(21)19-13)6-11(20)8-2-1-5-18-7-8;16-8-4-5-9(17)13-12(8)15(22,14(21)19-13)7-11(20)10-3-1-2-6-18-10/h1-6,27H,7-11H2,(H,23,26);3-4,27H,5-11H2,1-2H3,(H,23,26);3-7,9,26H,1-2,8H2,(H,23,25);1-6,22H,7H2,(H,19,21);1-5,7,22H,6H2,(H,19,21);1-6,22H,7H2,(H,19,21)/t20-;18?,19?,20-;19-;3*15-/m100111/s1. The highest BCUT2D eigenvalue weighted by atomic mass is 35.5. The lowest BCUT2D eigenvalue weighted by molar-refractivity contribution is -0.150. The topological polar surface area (TPSA) is 453 Å². The molecule has 10 heterocycles. The molecule has 12 N–H and O–H groups in total. The summed E-state index contributed by atoms with van der Waals surface area (Å²) in [5, 5.41) is 82.9. The number of pyridine rings is 3. The lowest BCUT2D eigenvalue weighted by Crippen LogP contribution is -2.56. The highest BCUT2D eigenvalue weighted by molar-refractivity contribution is 6.43. The van der Waals surface area contributed by atoms with Crippen molar-refractivity contribution in [2.24, 2.45) is 5.41 Å². The third-order valence-electron chi connectivity index (χ3n) is 27.9. The fraction of sp³-hybridized carbons (Fsp3) is 0.279. The molecule has 4 saturated carbocycles. The van der Waals surface area contributed by atoms with Crippen LogP contribution >= 0.6 is 139 Å². The number of rotatable bonds is 21. The summed E-state index contributed by atoms with van der Waals surface area (Å²) >= 11 is 73.1. The average Bonchev–Trinajstić information content (AvgIpc) is 1.17. The second kappa shape index (κ2) is 43.1. The molecule has 1 saturated heterocycles. The number of hydrogen-bond donors (Lipinski definition) is 12. The second-order valence-corrected chi connectivity index (χ2v) is 41.8. The number of ether oxygens (including phenoxy) is 1. The first kappa shape index (κ1) is 109. The quantitative estimate of drug-likeness (QED) is 0.0297. The van der Waals surface area contributed by atoms with Crippen LogP contribution in [0.5, 0.6) is 0 Å². The highest BCUT2D eigenvalue weighted by Crippen LogP contribution is 2.59. The van der Waals surface area contributed by atoms with E-state index >= 15 is 0 Å². The zero-order chi connectivity index (χ0) is 106. The number of anilines is 7. The molecular formula is C104H86Cl12FN11O19. The second-order valence-electron chi connectivity index (χ2n) is 36.9. The number of carbonyl (C=O) groups excluding carboxylic acids is 12. The molecule has 43 heteroatoms. The number of aliphatic hydroxyl groups is 6. The number of Topliss-reactive ketones (excluding diaryl/α,β-unsaturated/α-hetero) is 6. The number of halogens is 13. The smallest absolute Gasteiger partial charge is 0.261 e. The van der Waals surface area contributed by atoms with Crippen molar-refractivity contribution in [3.05, 3.63) is 322 Å². The summed E-state index contributed by atoms with van der Waals surface area (Å²) in [6.45, 7) is 2.93. The first-order valence-electron chi connectivity index (χ1n) is 45.6. The number of carbonyl (C=O) groups is 12. The van der Waals surface area contributed by atoms with E-state index < -0.39 is 136 Å². The maximum atomic E-state index is 14.4. The van der Waals surface area contributed by atoms with Crippen molar-refractivity contribution in [1.82, 2.24) is 19.9 Å². The first-order chi connectivity index (χ1) is 69.6. The Bertz CT molecular complexity index is 6930. The van der Waals surface area contributed by atoms with Gasteiger partial charge in [-0.25, -0.2) is 4.39 Å². The van der Waals surface area contributed by atoms with Crippen LogP contribution < -0.4 is 36.8 Å². The van der Waals surface area contributed by atoms with Crippen LogP contribution in [0.2, 0.25) is 60.3 Å². The van der Waals surface area contributed by atoms with Gasteiger partial charge in [-0.3, -0.25) is 72.5 Å². The number of aromatic nitrogens is 3. The fourth-order valence-electron chi connectivity index (χ4n) is 19.5. The number of ketones is 6. The monoisotopic (exact) mass is 2230 g/mol. The Labute approximate surface area is 898 Å². The summed E-state index contributed by atoms with van der Waals surface area (Å²) in [6.07, 6.45) is 12.0. The average molecular weight is 2240 g/mol. The molecule has 3 aromatic heterocycles. The summed E-state index contributed by atoms with van der Waals surface area (Å²) in [7, 11) is 4.21. The Morgan fingerprint density at radius 1 is 0.374 bits per heavy atom. The van der Waals surface area contributed by atoms with Gasteiger partial charge in [-0.2, -0.15) is 0 Å². The third kappa shape index (κ3) is 21.1. The summed E-state index contributed by atoms with van der Waals surface area (Å²) in [5.41, 5.74) is -7.50. The Kier molecular flexibility index (Phi) is 31.9. The van der Waals surface area contributed by atoms with Gasteiger partial charge in [0.25, 0.3) is 35.4 Å². The first-order valence-corrected chi connectivity index (χ1v) is 50.1. The molecule has 8 aromatic carbocycles. The van der Waals surface area contributed by atoms with Gasteiger partial charge in [0, 0.05) is 147 Å². The summed E-state index contributed by atoms with van der Waals surface area (Å²) in [5.74, 6) is -7.03. The lowest BCUT2D eigenvalue weighted by Gasteiger charge is -2.55. The molecule has 7 aliphatic heterocycles. The van der Waals surface area contributed by atoms with E-state index in [-0.39, 0.29) is 152 Å². The summed E-state index contributed by atoms with van der Waals surface area (Å²) in [6, 6.07) is 40.6. The maximum absolute atomic E-state index is 14.4. The predicted octanol–water partition coefficient (Wildman–Crippen LogP) is 19.8. The molecule has 2 bridgehead atoms. The summed E-state index contributed by atoms with van der Waals surface area (Å²) in [4.78, 5) is 166. The normalized spacial score (nSPS) is 23.1. The van der Waals surface area contributed by atoms with Crippen molar-refractivity contribution in [1.29, 1.82) is 0 Å². The zero-order valence-electron chi connectivity index (χ0n) is 77.3. The van der Waals surface area contributed by atoms with Gasteiger partial charge in [0.1, 0.15) is 17.3 Å². The Morgan fingerprint density at radius 2 is 0.714 bits per heavy atom. The largest absolute Gasteiger partial charge is 0.378 e. The molecule has 4 aliphatic carbocycles. The van der Waals surface area contributed by atoms with E-state index in [1.165, 1.54) is 122 Å². The van der Waals surface area contributed by atoms with Gasteiger partial charge in [0.15, 0.2) is 62.5 Å². The molecule has 0 unspecified atom stereocenters. The number of amides is 6. The van der Waals surface area contributed by atoms with Crippen LogP contribution in [0.15, 0.2) is 189 Å². The van der Waals surface area contributed by atoms with Gasteiger partial charge in [-0.05, 0) is 223 Å². The minimum Gasteiger partial charge on any atom is -0.378 e. The van der Waals surface area contributed by atoms with Crippen molar-refractivity contribution in [3.63, 3.8) is 0 Å². The van der Waals surface area contributed by atoms with Crippen molar-refractivity contribution in [2.45, 2.75) is 135 Å². The Morgan fingerprint density at radius 3 is 1.05 bits per heavy atom. The SMILES string of the molecule is CN(C)C12CCC(C(=O)C[C@@]3(O)C(=O)Nc4c(Cl)ccc(Cl)c43)(CC1)CC2.O=C(C[C@@]1(O)C(=O)Nc2c(Cl)ccc(Cl)c21)c1ccc(C2CC2)cc1F.O=C(C[C@]1(O)C(=O)Nc2c(Cl)ccc(Cl)c21)c1ccc(N2CCOCC2)cc1.O=C(C[C@]1(O)C(=O)Nc2c(Cl)ccc(Cl)c21)c1ccccn1.O=C(C[C@]1(O)C(=O)Nc2c(Cl)ccc(Cl)c21)c1cccnc1.O=C(C[C@]1(O)C(=O)Nc2c(Cl)ccc(Cl)c21)c1ccncc1. The number of hydrogen-bond acceptors (Lipinski definition) is 24. The van der Waals surface area contributed by atoms with E-state index in [4.69, 9.17) is 144 Å². The molecule has 6 atom stereocenters. The molecule has 11 aromatic rings. The van der Waals surface area contributed by atoms with Gasteiger partial charge in [0.05, 0.1) is 115 Å². The molecule has 22 rings (SSSR count). The minimum absolute atomic E-state index is 0.0417. The van der Waals surface area contributed by atoms with Crippen LogP contribution in [0, 0.1) is 11.2 Å². The molecule has 762 valence electrons. The molecule has 0 radical (unpaired) electrons.